The summed E-state index contributed by atoms with van der Waals surface area (Å²) in [6, 6.07) is 3.66. The minimum Gasteiger partial charge on any atom is -0.461 e. The van der Waals surface area contributed by atoms with Crippen LogP contribution in [0.3, 0.4) is 0 Å². The summed E-state index contributed by atoms with van der Waals surface area (Å²) < 4.78 is 11.1. The molecule has 0 spiro atoms. The van der Waals surface area contributed by atoms with Gasteiger partial charge in [0.25, 0.3) is 0 Å². The molecule has 0 amide bonds. The van der Waals surface area contributed by atoms with Gasteiger partial charge in [0.2, 0.25) is 0 Å². The minimum atomic E-state index is -0.0415. The highest BCUT2D eigenvalue weighted by atomic mass is 16.5. The molecule has 2 rings (SSSR count). The van der Waals surface area contributed by atoms with Gasteiger partial charge >= 0.3 is 0 Å². The molecule has 0 radical (unpaired) electrons. The van der Waals surface area contributed by atoms with Gasteiger partial charge in [-0.2, -0.15) is 0 Å². The van der Waals surface area contributed by atoms with E-state index in [0.29, 0.717) is 18.3 Å². The summed E-state index contributed by atoms with van der Waals surface area (Å²) in [5.41, 5.74) is 0. The van der Waals surface area contributed by atoms with Gasteiger partial charge < -0.3 is 14.3 Å². The highest BCUT2D eigenvalue weighted by Gasteiger charge is 2.18. The fourth-order valence-electron chi connectivity index (χ4n) is 2.62. The third-order valence-corrected chi connectivity index (χ3v) is 3.52. The Bertz CT molecular complexity index is 332. The van der Waals surface area contributed by atoms with Crippen LogP contribution in [0, 0.1) is 11.8 Å². The van der Waals surface area contributed by atoms with Crippen molar-refractivity contribution in [2.24, 2.45) is 11.8 Å². The highest BCUT2D eigenvalue weighted by Crippen LogP contribution is 2.28. The Balaban J connectivity index is 1.68. The fourth-order valence-corrected chi connectivity index (χ4v) is 2.62. The Morgan fingerprint density at radius 1 is 1.35 bits per heavy atom. The predicted octanol–water partition coefficient (Wildman–Crippen LogP) is 3.11. The van der Waals surface area contributed by atoms with Crippen LogP contribution < -0.4 is 0 Å². The second-order valence-electron chi connectivity index (χ2n) is 5.18. The predicted molar refractivity (Wildman–Crippen MR) is 65.4 cm³/mol. The molecule has 1 aromatic heterocycles. The Hall–Kier alpha value is -0.800. The molecule has 1 aliphatic carbocycles. The van der Waals surface area contributed by atoms with Crippen molar-refractivity contribution >= 4 is 0 Å². The zero-order chi connectivity index (χ0) is 12.1. The van der Waals surface area contributed by atoms with Crippen molar-refractivity contribution in [2.45, 2.75) is 45.8 Å². The molecule has 2 atom stereocenters. The zero-order valence-corrected chi connectivity index (χ0v) is 10.5. The second-order valence-corrected chi connectivity index (χ2v) is 5.18. The summed E-state index contributed by atoms with van der Waals surface area (Å²) in [6.45, 7) is 3.64. The number of aliphatic hydroxyl groups excluding tert-OH is 1. The number of aliphatic hydroxyl groups is 1. The van der Waals surface area contributed by atoms with Crippen molar-refractivity contribution in [1.82, 2.24) is 0 Å². The third kappa shape index (κ3) is 3.86. The van der Waals surface area contributed by atoms with Crippen molar-refractivity contribution in [3.63, 3.8) is 0 Å². The van der Waals surface area contributed by atoms with Gasteiger partial charge in [-0.05, 0) is 36.8 Å². The van der Waals surface area contributed by atoms with Crippen LogP contribution in [-0.4, -0.2) is 11.7 Å². The smallest absolute Gasteiger partial charge is 0.129 e. The number of ether oxygens (including phenoxy) is 1. The number of hydrogen-bond donors (Lipinski definition) is 1. The molecule has 2 unspecified atom stereocenters. The van der Waals surface area contributed by atoms with E-state index in [-0.39, 0.29) is 6.61 Å². The molecule has 0 bridgehead atoms. The molecule has 3 nitrogen and oxygen atoms in total. The largest absolute Gasteiger partial charge is 0.461 e. The Morgan fingerprint density at radius 3 is 2.88 bits per heavy atom. The van der Waals surface area contributed by atoms with Crippen LogP contribution in [0.15, 0.2) is 16.5 Å². The van der Waals surface area contributed by atoms with E-state index in [2.05, 4.69) is 6.92 Å². The van der Waals surface area contributed by atoms with Gasteiger partial charge in [0.15, 0.2) is 0 Å². The van der Waals surface area contributed by atoms with E-state index >= 15 is 0 Å². The normalized spacial score (nSPS) is 25.1. The number of hydrogen-bond acceptors (Lipinski definition) is 3. The van der Waals surface area contributed by atoms with Crippen molar-refractivity contribution < 1.29 is 14.3 Å². The lowest BCUT2D eigenvalue weighted by Gasteiger charge is -2.26. The van der Waals surface area contributed by atoms with Crippen LogP contribution in [-0.2, 0) is 18.0 Å². The van der Waals surface area contributed by atoms with E-state index in [0.717, 1.165) is 18.3 Å². The molecule has 1 saturated carbocycles. The van der Waals surface area contributed by atoms with Crippen LogP contribution in [0.1, 0.15) is 44.1 Å². The molecule has 0 saturated heterocycles. The van der Waals surface area contributed by atoms with Crippen LogP contribution in [0.25, 0.3) is 0 Å². The average Bonchev–Trinajstić information content (AvgIpc) is 2.77. The van der Waals surface area contributed by atoms with Crippen molar-refractivity contribution in [2.75, 3.05) is 6.61 Å². The summed E-state index contributed by atoms with van der Waals surface area (Å²) in [6.07, 6.45) is 5.30. The number of rotatable bonds is 5. The molecule has 1 aliphatic rings. The van der Waals surface area contributed by atoms with E-state index in [4.69, 9.17) is 14.3 Å². The maximum absolute atomic E-state index is 8.87. The Morgan fingerprint density at radius 2 is 2.18 bits per heavy atom. The third-order valence-electron chi connectivity index (χ3n) is 3.52. The maximum Gasteiger partial charge on any atom is 0.129 e. The standard InChI is InChI=1S/C14H22O3/c1-11-3-2-4-12(7-11)9-16-10-14-6-5-13(8-15)17-14/h5-6,11-12,15H,2-4,7-10H2,1H3. The van der Waals surface area contributed by atoms with Crippen molar-refractivity contribution in [3.05, 3.63) is 23.7 Å². The van der Waals surface area contributed by atoms with Crippen molar-refractivity contribution in [3.8, 4) is 0 Å². The summed E-state index contributed by atoms with van der Waals surface area (Å²) in [5, 5.41) is 8.87. The molecule has 1 heterocycles. The lowest BCUT2D eigenvalue weighted by molar-refractivity contribution is 0.0552. The van der Waals surface area contributed by atoms with Crippen LogP contribution in [0.2, 0.25) is 0 Å². The highest BCUT2D eigenvalue weighted by molar-refractivity contribution is 5.05. The van der Waals surface area contributed by atoms with Gasteiger partial charge in [-0.25, -0.2) is 0 Å². The molecule has 3 heteroatoms. The molecule has 1 aromatic rings. The van der Waals surface area contributed by atoms with E-state index in [1.807, 2.05) is 6.07 Å². The van der Waals surface area contributed by atoms with Crippen LogP contribution in [0.4, 0.5) is 0 Å². The quantitative estimate of drug-likeness (QED) is 0.857. The summed E-state index contributed by atoms with van der Waals surface area (Å²) >= 11 is 0. The number of furan rings is 1. The molecule has 1 fully saturated rings. The lowest BCUT2D eigenvalue weighted by Crippen LogP contribution is -2.18. The molecule has 17 heavy (non-hydrogen) atoms. The maximum atomic E-state index is 8.87. The first-order chi connectivity index (χ1) is 8.28. The molecule has 96 valence electrons. The van der Waals surface area contributed by atoms with Gasteiger partial charge in [-0.15, -0.1) is 0 Å². The van der Waals surface area contributed by atoms with Gasteiger partial charge in [-0.3, -0.25) is 0 Å². The molecular weight excluding hydrogens is 216 g/mol. The van der Waals surface area contributed by atoms with Crippen molar-refractivity contribution in [1.29, 1.82) is 0 Å². The molecule has 0 aliphatic heterocycles. The average molecular weight is 238 g/mol. The summed E-state index contributed by atoms with van der Waals surface area (Å²) in [5.74, 6) is 2.97. The summed E-state index contributed by atoms with van der Waals surface area (Å²) in [4.78, 5) is 0. The first kappa shape index (κ1) is 12.7. The minimum absolute atomic E-state index is 0.0415. The van der Waals surface area contributed by atoms with Gasteiger partial charge in [0.1, 0.15) is 24.7 Å². The van der Waals surface area contributed by atoms with E-state index < -0.39 is 0 Å². The van der Waals surface area contributed by atoms with Gasteiger partial charge in [-0.1, -0.05) is 19.8 Å². The van der Waals surface area contributed by atoms with Crippen LogP contribution >= 0.6 is 0 Å². The molecule has 0 aromatic carbocycles. The Labute approximate surface area is 103 Å². The SMILES string of the molecule is CC1CCCC(COCc2ccc(CO)o2)C1. The monoisotopic (exact) mass is 238 g/mol. The molecular formula is C14H22O3. The fraction of sp³-hybridized carbons (Fsp3) is 0.714. The van der Waals surface area contributed by atoms with E-state index in [1.165, 1.54) is 25.7 Å². The first-order valence-electron chi connectivity index (χ1n) is 6.54. The topological polar surface area (TPSA) is 42.6 Å². The van der Waals surface area contributed by atoms with Crippen LogP contribution in [0.5, 0.6) is 0 Å². The summed E-state index contributed by atoms with van der Waals surface area (Å²) in [7, 11) is 0. The molecule has 1 N–H and O–H groups in total. The van der Waals surface area contributed by atoms with E-state index in [1.54, 1.807) is 6.07 Å². The van der Waals surface area contributed by atoms with E-state index in [9.17, 15) is 0 Å². The second kappa shape index (κ2) is 6.22. The Kier molecular flexibility index (Phi) is 4.63. The zero-order valence-electron chi connectivity index (χ0n) is 10.5. The lowest BCUT2D eigenvalue weighted by atomic mass is 9.83. The van der Waals surface area contributed by atoms with Gasteiger partial charge in [0, 0.05) is 0 Å². The van der Waals surface area contributed by atoms with Gasteiger partial charge in [0.05, 0.1) is 6.61 Å². The first-order valence-corrected chi connectivity index (χ1v) is 6.54.